The molecule has 1 aliphatic heterocycles. The van der Waals surface area contributed by atoms with Gasteiger partial charge in [0.15, 0.2) is 0 Å². The summed E-state index contributed by atoms with van der Waals surface area (Å²) < 4.78 is 11.0. The maximum absolute atomic E-state index is 12.7. The van der Waals surface area contributed by atoms with Gasteiger partial charge < -0.3 is 4.74 Å². The summed E-state index contributed by atoms with van der Waals surface area (Å²) in [6.07, 6.45) is 4.00. The van der Waals surface area contributed by atoms with Gasteiger partial charge in [0.05, 0.1) is 37.0 Å². The van der Waals surface area contributed by atoms with Crippen LogP contribution >= 0.6 is 0 Å². The fraction of sp³-hybridized carbons (Fsp3) is 0.545. The summed E-state index contributed by atoms with van der Waals surface area (Å²) in [5, 5.41) is 4.54. The van der Waals surface area contributed by atoms with Crippen molar-refractivity contribution in [3.8, 4) is 11.1 Å². The van der Waals surface area contributed by atoms with E-state index in [1.807, 2.05) is 22.5 Å². The maximum Gasteiger partial charge on any atom is 0.328 e. The second-order valence-electron chi connectivity index (χ2n) is 9.14. The van der Waals surface area contributed by atoms with E-state index < -0.39 is 0 Å². The number of fused-ring (bicyclic) bond motifs is 1. The van der Waals surface area contributed by atoms with E-state index in [1.54, 1.807) is 4.57 Å². The number of morpholine rings is 1. The molecule has 1 saturated heterocycles. The Hall–Kier alpha value is -2.38. The summed E-state index contributed by atoms with van der Waals surface area (Å²) in [6, 6.07) is 6.24. The number of hydrogen-bond acceptors (Lipinski definition) is 4. The molecule has 2 aromatic heterocycles. The lowest BCUT2D eigenvalue weighted by Crippen LogP contribution is -2.38. The first kappa shape index (κ1) is 19.9. The summed E-state index contributed by atoms with van der Waals surface area (Å²) >= 11 is 0. The normalized spacial score (nSPS) is 16.0. The Kier molecular flexibility index (Phi) is 5.36. The fourth-order valence-corrected chi connectivity index (χ4v) is 3.92. The first-order valence-electron chi connectivity index (χ1n) is 10.3. The molecule has 7 heteroatoms. The van der Waals surface area contributed by atoms with Gasteiger partial charge in [-0.15, -0.1) is 0 Å². The molecule has 0 radical (unpaired) electrons. The molecule has 4 rings (SSSR count). The maximum atomic E-state index is 12.7. The zero-order valence-corrected chi connectivity index (χ0v) is 17.9. The van der Waals surface area contributed by atoms with Crippen molar-refractivity contribution in [2.75, 3.05) is 32.8 Å². The fourth-order valence-electron chi connectivity index (χ4n) is 3.92. The van der Waals surface area contributed by atoms with Crippen molar-refractivity contribution in [2.24, 2.45) is 12.5 Å². The Balaban J connectivity index is 1.56. The SMILES string of the molecule is Cn1c(=O)n(CC(C)(C)C)c2ccc(-c3cnn(CCN4CCOCC4)c3)cc21. The van der Waals surface area contributed by atoms with Crippen molar-refractivity contribution in [3.05, 3.63) is 41.1 Å². The van der Waals surface area contributed by atoms with E-state index in [0.29, 0.717) is 6.54 Å². The first-order valence-corrected chi connectivity index (χ1v) is 10.3. The Labute approximate surface area is 171 Å². The third-order valence-electron chi connectivity index (χ3n) is 5.49. The van der Waals surface area contributed by atoms with Gasteiger partial charge >= 0.3 is 5.69 Å². The molecule has 0 unspecified atom stereocenters. The highest BCUT2D eigenvalue weighted by atomic mass is 16.5. The number of imidazole rings is 1. The minimum absolute atomic E-state index is 0.0354. The van der Waals surface area contributed by atoms with Crippen LogP contribution in [-0.4, -0.2) is 56.7 Å². The highest BCUT2D eigenvalue weighted by molar-refractivity contribution is 5.82. The molecule has 0 N–H and O–H groups in total. The van der Waals surface area contributed by atoms with Gasteiger partial charge in [-0.3, -0.25) is 18.7 Å². The van der Waals surface area contributed by atoms with Crippen LogP contribution in [0.1, 0.15) is 20.8 Å². The average molecular weight is 398 g/mol. The third-order valence-corrected chi connectivity index (χ3v) is 5.49. The van der Waals surface area contributed by atoms with E-state index in [9.17, 15) is 4.79 Å². The van der Waals surface area contributed by atoms with Gasteiger partial charge in [0.2, 0.25) is 0 Å². The van der Waals surface area contributed by atoms with Crippen LogP contribution in [0.15, 0.2) is 35.4 Å². The van der Waals surface area contributed by atoms with Gasteiger partial charge in [-0.25, -0.2) is 4.79 Å². The molecule has 0 saturated carbocycles. The van der Waals surface area contributed by atoms with Crippen molar-refractivity contribution in [2.45, 2.75) is 33.9 Å². The minimum Gasteiger partial charge on any atom is -0.379 e. The molecule has 29 heavy (non-hydrogen) atoms. The Morgan fingerprint density at radius 2 is 1.83 bits per heavy atom. The van der Waals surface area contributed by atoms with Crippen LogP contribution in [0.25, 0.3) is 22.2 Å². The molecule has 156 valence electrons. The second-order valence-corrected chi connectivity index (χ2v) is 9.14. The van der Waals surface area contributed by atoms with Crippen molar-refractivity contribution in [1.82, 2.24) is 23.8 Å². The van der Waals surface area contributed by atoms with Gasteiger partial charge in [-0.1, -0.05) is 26.8 Å². The molecule has 0 atom stereocenters. The first-order chi connectivity index (χ1) is 13.8. The monoisotopic (exact) mass is 397 g/mol. The number of rotatable bonds is 5. The van der Waals surface area contributed by atoms with Crippen LogP contribution < -0.4 is 5.69 Å². The van der Waals surface area contributed by atoms with Crippen molar-refractivity contribution in [3.63, 3.8) is 0 Å². The third kappa shape index (κ3) is 4.31. The molecular formula is C22H31N5O2. The predicted molar refractivity (Wildman–Crippen MR) is 115 cm³/mol. The van der Waals surface area contributed by atoms with Gasteiger partial charge in [0.25, 0.3) is 0 Å². The number of aromatic nitrogens is 4. The van der Waals surface area contributed by atoms with Gasteiger partial charge in [-0.05, 0) is 23.1 Å². The highest BCUT2D eigenvalue weighted by Crippen LogP contribution is 2.25. The number of ether oxygens (including phenoxy) is 1. The van der Waals surface area contributed by atoms with E-state index in [0.717, 1.165) is 61.6 Å². The largest absolute Gasteiger partial charge is 0.379 e. The lowest BCUT2D eigenvalue weighted by Gasteiger charge is -2.26. The summed E-state index contributed by atoms with van der Waals surface area (Å²) in [5.74, 6) is 0. The van der Waals surface area contributed by atoms with E-state index in [-0.39, 0.29) is 11.1 Å². The number of aryl methyl sites for hydroxylation is 1. The second kappa shape index (κ2) is 7.80. The zero-order chi connectivity index (χ0) is 20.6. The van der Waals surface area contributed by atoms with Crippen LogP contribution in [-0.2, 0) is 24.9 Å². The lowest BCUT2D eigenvalue weighted by atomic mass is 9.97. The molecule has 1 fully saturated rings. The van der Waals surface area contributed by atoms with Crippen molar-refractivity contribution in [1.29, 1.82) is 0 Å². The lowest BCUT2D eigenvalue weighted by molar-refractivity contribution is 0.0360. The van der Waals surface area contributed by atoms with Gasteiger partial charge in [0, 0.05) is 45.0 Å². The highest BCUT2D eigenvalue weighted by Gasteiger charge is 2.18. The summed E-state index contributed by atoms with van der Waals surface area (Å²) in [4.78, 5) is 15.2. The van der Waals surface area contributed by atoms with Gasteiger partial charge in [-0.2, -0.15) is 5.10 Å². The molecule has 3 heterocycles. The van der Waals surface area contributed by atoms with Crippen LogP contribution in [0.5, 0.6) is 0 Å². The quantitative estimate of drug-likeness (QED) is 0.664. The topological polar surface area (TPSA) is 57.2 Å². The molecule has 0 amide bonds. The van der Waals surface area contributed by atoms with E-state index in [2.05, 4.69) is 55.2 Å². The van der Waals surface area contributed by atoms with E-state index >= 15 is 0 Å². The summed E-state index contributed by atoms with van der Waals surface area (Å²) in [7, 11) is 1.85. The number of benzene rings is 1. The molecule has 0 spiro atoms. The van der Waals surface area contributed by atoms with Crippen LogP contribution in [0, 0.1) is 5.41 Å². The molecule has 7 nitrogen and oxygen atoms in total. The molecule has 1 aliphatic rings. The molecule has 3 aromatic rings. The number of hydrogen-bond donors (Lipinski definition) is 0. The van der Waals surface area contributed by atoms with E-state index in [1.165, 1.54) is 0 Å². The van der Waals surface area contributed by atoms with Crippen LogP contribution in [0.2, 0.25) is 0 Å². The summed E-state index contributed by atoms with van der Waals surface area (Å²) in [5.41, 5.74) is 4.17. The number of nitrogens with zero attached hydrogens (tertiary/aromatic N) is 5. The van der Waals surface area contributed by atoms with Gasteiger partial charge in [0.1, 0.15) is 0 Å². The predicted octanol–water partition coefficient (Wildman–Crippen LogP) is 2.58. The summed E-state index contributed by atoms with van der Waals surface area (Å²) in [6.45, 7) is 12.6. The van der Waals surface area contributed by atoms with Crippen molar-refractivity contribution < 1.29 is 4.74 Å². The zero-order valence-electron chi connectivity index (χ0n) is 17.9. The molecular weight excluding hydrogens is 366 g/mol. The van der Waals surface area contributed by atoms with Crippen LogP contribution in [0.3, 0.4) is 0 Å². The molecule has 0 bridgehead atoms. The average Bonchev–Trinajstić information content (AvgIpc) is 3.26. The molecule has 1 aromatic carbocycles. The standard InChI is InChI=1S/C22H31N5O2/c1-22(2,3)16-27-19-6-5-17(13-20(19)24(4)21(27)28)18-14-23-26(15-18)8-7-25-9-11-29-12-10-25/h5-6,13-15H,7-12,16H2,1-4H3. The Morgan fingerprint density at radius 3 is 2.55 bits per heavy atom. The Morgan fingerprint density at radius 1 is 1.07 bits per heavy atom. The minimum atomic E-state index is 0.0354. The molecule has 0 aliphatic carbocycles. The smallest absolute Gasteiger partial charge is 0.328 e. The van der Waals surface area contributed by atoms with Crippen LogP contribution in [0.4, 0.5) is 0 Å². The van der Waals surface area contributed by atoms with Crippen molar-refractivity contribution >= 4 is 11.0 Å². The Bertz CT molecular complexity index is 1050. The van der Waals surface area contributed by atoms with E-state index in [4.69, 9.17) is 4.74 Å².